The third-order valence-corrected chi connectivity index (χ3v) is 5.90. The Morgan fingerprint density at radius 3 is 1.90 bits per heavy atom. The smallest absolute Gasteiger partial charge is 0.253 e. The van der Waals surface area contributed by atoms with Crippen LogP contribution in [0.15, 0.2) is 54.6 Å². The molecule has 0 aliphatic rings. The fourth-order valence-corrected chi connectivity index (χ4v) is 4.12. The van der Waals surface area contributed by atoms with Crippen molar-refractivity contribution in [1.82, 2.24) is 0 Å². The number of unbranched alkanes of at least 4 members (excludes halogenated alkanes) is 11. The molecule has 1 amide bonds. The van der Waals surface area contributed by atoms with Crippen LogP contribution < -0.4 is 4.90 Å². The minimum absolute atomic E-state index is 0.0365. The Balaban J connectivity index is 1.76. The number of carbonyl (C=O) groups is 1. The Morgan fingerprint density at radius 1 is 0.767 bits per heavy atom. The molecule has 2 rings (SSSR count). The minimum atomic E-state index is 0.0365. The van der Waals surface area contributed by atoms with E-state index in [1.807, 2.05) is 30.0 Å². The second kappa shape index (κ2) is 14.0. The molecule has 0 aliphatic carbocycles. The van der Waals surface area contributed by atoms with Crippen LogP contribution in [0.4, 0.5) is 5.69 Å². The van der Waals surface area contributed by atoms with E-state index in [9.17, 15) is 4.79 Å². The molecule has 0 radical (unpaired) electrons. The molecule has 0 saturated carbocycles. The van der Waals surface area contributed by atoms with Crippen molar-refractivity contribution in [2.24, 2.45) is 0 Å². The normalized spacial score (nSPS) is 11.0. The Labute approximate surface area is 184 Å². The molecule has 0 unspecified atom stereocenters. The van der Waals surface area contributed by atoms with Crippen LogP contribution >= 0.6 is 0 Å². The lowest BCUT2D eigenvalue weighted by Gasteiger charge is -2.24. The van der Waals surface area contributed by atoms with Crippen molar-refractivity contribution in [3.8, 4) is 0 Å². The molecule has 0 spiro atoms. The molecule has 2 heteroatoms. The van der Waals surface area contributed by atoms with Crippen molar-refractivity contribution in [2.75, 3.05) is 11.4 Å². The molecule has 164 valence electrons. The largest absolute Gasteiger partial charge is 0.308 e. The summed E-state index contributed by atoms with van der Waals surface area (Å²) in [6.45, 7) is 8.74. The maximum atomic E-state index is 12.8. The van der Waals surface area contributed by atoms with Crippen LogP contribution in [-0.2, 0) is 4.79 Å². The average Bonchev–Trinajstić information content (AvgIpc) is 2.76. The predicted octanol–water partition coefficient (Wildman–Crippen LogP) is 8.45. The Morgan fingerprint density at radius 2 is 1.30 bits per heavy atom. The van der Waals surface area contributed by atoms with Gasteiger partial charge in [-0.25, -0.2) is 0 Å². The van der Waals surface area contributed by atoms with E-state index < -0.39 is 0 Å². The summed E-state index contributed by atoms with van der Waals surface area (Å²) in [5.74, 6) is 0.0365. The zero-order chi connectivity index (χ0) is 21.6. The molecule has 0 aromatic heterocycles. The van der Waals surface area contributed by atoms with Crippen LogP contribution in [0.25, 0.3) is 10.8 Å². The van der Waals surface area contributed by atoms with Crippen LogP contribution in [-0.4, -0.2) is 12.5 Å². The van der Waals surface area contributed by atoms with Crippen LogP contribution in [0, 0.1) is 0 Å². The highest BCUT2D eigenvalue weighted by Gasteiger charge is 2.18. The van der Waals surface area contributed by atoms with Crippen LogP contribution in [0.1, 0.15) is 90.9 Å². The number of hydrogen-bond acceptors (Lipinski definition) is 1. The van der Waals surface area contributed by atoms with Gasteiger partial charge in [0.15, 0.2) is 0 Å². The van der Waals surface area contributed by atoms with Gasteiger partial charge in [0.05, 0.1) is 5.69 Å². The summed E-state index contributed by atoms with van der Waals surface area (Å²) in [5, 5.41) is 2.30. The lowest BCUT2D eigenvalue weighted by atomic mass is 10.0. The topological polar surface area (TPSA) is 20.3 Å². The molecule has 0 N–H and O–H groups in total. The summed E-state index contributed by atoms with van der Waals surface area (Å²) in [7, 11) is 0. The van der Waals surface area contributed by atoms with Gasteiger partial charge in [-0.2, -0.15) is 0 Å². The van der Waals surface area contributed by atoms with E-state index in [2.05, 4.69) is 37.8 Å². The van der Waals surface area contributed by atoms with Crippen molar-refractivity contribution >= 4 is 22.4 Å². The third-order valence-electron chi connectivity index (χ3n) is 5.90. The molecule has 2 nitrogen and oxygen atoms in total. The summed E-state index contributed by atoms with van der Waals surface area (Å²) in [6, 6.07) is 14.5. The van der Waals surface area contributed by atoms with Gasteiger partial charge in [-0.05, 0) is 24.8 Å². The fourth-order valence-electron chi connectivity index (χ4n) is 4.12. The van der Waals surface area contributed by atoms with E-state index in [1.165, 1.54) is 76.0 Å². The Hall–Kier alpha value is -2.09. The van der Waals surface area contributed by atoms with Crippen molar-refractivity contribution in [1.29, 1.82) is 0 Å². The Kier molecular flexibility index (Phi) is 11.3. The van der Waals surface area contributed by atoms with E-state index in [4.69, 9.17) is 0 Å². The maximum absolute atomic E-state index is 12.8. The third kappa shape index (κ3) is 7.97. The lowest BCUT2D eigenvalue weighted by molar-refractivity contribution is -0.115. The monoisotopic (exact) mass is 407 g/mol. The number of anilines is 1. The molecule has 0 heterocycles. The standard InChI is InChI=1S/C28H41NO/c1-4-5-6-7-8-9-10-11-12-13-14-17-23-29(28(30)24(2)3)27-22-18-20-25-19-15-16-21-26(25)27/h15-16,18-22H,2,4-14,17,23H2,1,3H3. The molecule has 30 heavy (non-hydrogen) atoms. The molecule has 0 atom stereocenters. The summed E-state index contributed by atoms with van der Waals surface area (Å²) in [5.41, 5.74) is 1.60. The molecule has 0 saturated heterocycles. The van der Waals surface area contributed by atoms with Crippen molar-refractivity contribution in [2.45, 2.75) is 90.9 Å². The van der Waals surface area contributed by atoms with Gasteiger partial charge < -0.3 is 4.90 Å². The first-order valence-electron chi connectivity index (χ1n) is 12.1. The van der Waals surface area contributed by atoms with Crippen LogP contribution in [0.3, 0.4) is 0 Å². The van der Waals surface area contributed by atoms with E-state index in [0.29, 0.717) is 5.57 Å². The van der Waals surface area contributed by atoms with E-state index in [1.54, 1.807) is 0 Å². The van der Waals surface area contributed by atoms with Crippen LogP contribution in [0.2, 0.25) is 0 Å². The zero-order valence-electron chi connectivity index (χ0n) is 19.3. The summed E-state index contributed by atoms with van der Waals surface area (Å²) < 4.78 is 0. The fraction of sp³-hybridized carbons (Fsp3) is 0.536. The Bertz CT molecular complexity index is 774. The van der Waals surface area contributed by atoms with Gasteiger partial charge >= 0.3 is 0 Å². The number of benzene rings is 2. The highest BCUT2D eigenvalue weighted by Crippen LogP contribution is 2.28. The van der Waals surface area contributed by atoms with Gasteiger partial charge in [0, 0.05) is 17.5 Å². The van der Waals surface area contributed by atoms with Gasteiger partial charge in [-0.3, -0.25) is 4.79 Å². The van der Waals surface area contributed by atoms with Gasteiger partial charge in [-0.15, -0.1) is 0 Å². The van der Waals surface area contributed by atoms with E-state index >= 15 is 0 Å². The first-order chi connectivity index (χ1) is 14.6. The molecular weight excluding hydrogens is 366 g/mol. The lowest BCUT2D eigenvalue weighted by Crippen LogP contribution is -2.32. The van der Waals surface area contributed by atoms with Crippen molar-refractivity contribution < 1.29 is 4.79 Å². The van der Waals surface area contributed by atoms with Crippen LogP contribution in [0.5, 0.6) is 0 Å². The number of rotatable bonds is 15. The number of nitrogens with zero attached hydrogens (tertiary/aromatic N) is 1. The van der Waals surface area contributed by atoms with Gasteiger partial charge in [0.25, 0.3) is 5.91 Å². The van der Waals surface area contributed by atoms with E-state index in [-0.39, 0.29) is 5.91 Å². The second-order valence-corrected chi connectivity index (χ2v) is 8.62. The second-order valence-electron chi connectivity index (χ2n) is 8.62. The summed E-state index contributed by atoms with van der Waals surface area (Å²) >= 11 is 0. The number of carbonyl (C=O) groups excluding carboxylic acids is 1. The maximum Gasteiger partial charge on any atom is 0.253 e. The molecule has 0 fully saturated rings. The molecule has 2 aromatic rings. The van der Waals surface area contributed by atoms with Crippen molar-refractivity contribution in [3.05, 3.63) is 54.6 Å². The SMILES string of the molecule is C=C(C)C(=O)N(CCCCCCCCCCCCCC)c1cccc2ccccc12. The predicted molar refractivity (Wildman–Crippen MR) is 132 cm³/mol. The number of fused-ring (bicyclic) bond motifs is 1. The first-order valence-corrected chi connectivity index (χ1v) is 12.1. The summed E-state index contributed by atoms with van der Waals surface area (Å²) in [4.78, 5) is 14.8. The average molecular weight is 408 g/mol. The highest BCUT2D eigenvalue weighted by atomic mass is 16.2. The van der Waals surface area contributed by atoms with Gasteiger partial charge in [-0.1, -0.05) is 121 Å². The van der Waals surface area contributed by atoms with E-state index in [0.717, 1.165) is 24.0 Å². The summed E-state index contributed by atoms with van der Waals surface area (Å²) in [6.07, 6.45) is 15.9. The number of amides is 1. The van der Waals surface area contributed by atoms with Crippen molar-refractivity contribution in [3.63, 3.8) is 0 Å². The molecule has 0 bridgehead atoms. The molecule has 0 aliphatic heterocycles. The quantitative estimate of drug-likeness (QED) is 0.214. The number of hydrogen-bond donors (Lipinski definition) is 0. The molecule has 2 aromatic carbocycles. The first kappa shape index (κ1) is 24.2. The zero-order valence-corrected chi connectivity index (χ0v) is 19.3. The highest BCUT2D eigenvalue weighted by molar-refractivity contribution is 6.09. The molecular formula is C28H41NO. The van der Waals surface area contributed by atoms with Gasteiger partial charge in [0.1, 0.15) is 0 Å². The van der Waals surface area contributed by atoms with Gasteiger partial charge in [0.2, 0.25) is 0 Å². The minimum Gasteiger partial charge on any atom is -0.308 e.